The van der Waals surface area contributed by atoms with Gasteiger partial charge in [-0.05, 0) is 18.6 Å². The Morgan fingerprint density at radius 1 is 1.16 bits per heavy atom. The van der Waals surface area contributed by atoms with Crippen LogP contribution >= 0.6 is 11.6 Å². The van der Waals surface area contributed by atoms with E-state index in [9.17, 15) is 19.7 Å². The highest BCUT2D eigenvalue weighted by Gasteiger charge is 2.38. The molecule has 0 fully saturated rings. The van der Waals surface area contributed by atoms with Crippen LogP contribution in [0.4, 0.5) is 11.4 Å². The number of anilines is 1. The number of hydrogen-bond acceptors (Lipinski definition) is 4. The zero-order chi connectivity index (χ0) is 18.3. The van der Waals surface area contributed by atoms with Crippen molar-refractivity contribution < 1.29 is 14.5 Å². The van der Waals surface area contributed by atoms with Crippen LogP contribution in [-0.2, 0) is 9.59 Å². The van der Waals surface area contributed by atoms with Gasteiger partial charge in [0.15, 0.2) is 0 Å². The first-order valence-corrected chi connectivity index (χ1v) is 7.79. The topological polar surface area (TPSA) is 80.5 Å². The summed E-state index contributed by atoms with van der Waals surface area (Å²) in [6.45, 7) is 3.17. The molecule has 0 spiro atoms. The fourth-order valence-corrected chi connectivity index (χ4v) is 3.05. The van der Waals surface area contributed by atoms with Gasteiger partial charge in [-0.2, -0.15) is 0 Å². The Labute approximate surface area is 148 Å². The number of non-ortho nitro benzene ring substituents is 1. The van der Waals surface area contributed by atoms with Crippen LogP contribution in [0.3, 0.4) is 0 Å². The van der Waals surface area contributed by atoms with Crippen molar-refractivity contribution in [2.75, 3.05) is 4.90 Å². The minimum absolute atomic E-state index is 0.0828. The van der Waals surface area contributed by atoms with Crippen LogP contribution in [-0.4, -0.2) is 16.7 Å². The Kier molecular flexibility index (Phi) is 4.14. The highest BCUT2D eigenvalue weighted by Crippen LogP contribution is 2.43. The number of benzene rings is 2. The summed E-state index contributed by atoms with van der Waals surface area (Å²) in [5.74, 6) is -1.07. The van der Waals surface area contributed by atoms with Crippen molar-refractivity contribution in [3.63, 3.8) is 0 Å². The maximum Gasteiger partial charge on any atom is 0.270 e. The quantitative estimate of drug-likeness (QED) is 0.464. The normalized spacial score (nSPS) is 15.2. The van der Waals surface area contributed by atoms with Gasteiger partial charge in [-0.1, -0.05) is 41.4 Å². The van der Waals surface area contributed by atoms with Crippen molar-refractivity contribution in [2.45, 2.75) is 13.8 Å². The summed E-state index contributed by atoms with van der Waals surface area (Å²) in [4.78, 5) is 36.1. The van der Waals surface area contributed by atoms with Gasteiger partial charge in [0.05, 0.1) is 21.2 Å². The average molecular weight is 357 g/mol. The maximum absolute atomic E-state index is 12.8. The summed E-state index contributed by atoms with van der Waals surface area (Å²) in [6, 6.07) is 11.1. The molecule has 0 bridgehead atoms. The molecule has 3 rings (SSSR count). The SMILES string of the molecule is CC(=O)N1C(=O)/C(=C(/Cl)c2ccc(C)cc2)c2cc([N+](=O)[O-])ccc21. The number of rotatable bonds is 2. The molecule has 2 aromatic rings. The predicted octanol–water partition coefficient (Wildman–Crippen LogP) is 3.90. The molecule has 0 N–H and O–H groups in total. The first-order chi connectivity index (χ1) is 11.8. The lowest BCUT2D eigenvalue weighted by atomic mass is 10.0. The summed E-state index contributed by atoms with van der Waals surface area (Å²) in [6.07, 6.45) is 0. The number of halogens is 1. The van der Waals surface area contributed by atoms with Gasteiger partial charge in [0.25, 0.3) is 11.6 Å². The molecule has 0 aliphatic carbocycles. The Morgan fingerprint density at radius 2 is 1.80 bits per heavy atom. The van der Waals surface area contributed by atoms with Gasteiger partial charge >= 0.3 is 0 Å². The minimum atomic E-state index is -0.589. The first-order valence-electron chi connectivity index (χ1n) is 7.42. The largest absolute Gasteiger partial charge is 0.274 e. The molecule has 0 aromatic heterocycles. The van der Waals surface area contributed by atoms with E-state index in [2.05, 4.69) is 0 Å². The molecule has 25 heavy (non-hydrogen) atoms. The number of imide groups is 1. The van der Waals surface area contributed by atoms with E-state index in [4.69, 9.17) is 11.6 Å². The van der Waals surface area contributed by atoms with Gasteiger partial charge < -0.3 is 0 Å². The second-order valence-corrected chi connectivity index (χ2v) is 6.05. The number of carbonyl (C=O) groups excluding carboxylic acids is 2. The lowest BCUT2D eigenvalue weighted by Crippen LogP contribution is -2.31. The van der Waals surface area contributed by atoms with E-state index < -0.39 is 16.7 Å². The molecule has 1 heterocycles. The van der Waals surface area contributed by atoms with E-state index >= 15 is 0 Å². The first kappa shape index (κ1) is 16.9. The zero-order valence-electron chi connectivity index (χ0n) is 13.4. The Balaban J connectivity index is 2.27. The molecule has 0 atom stereocenters. The number of carbonyl (C=O) groups is 2. The molecule has 2 amide bonds. The molecule has 0 saturated heterocycles. The third-order valence-electron chi connectivity index (χ3n) is 3.96. The summed E-state index contributed by atoms with van der Waals surface area (Å²) in [7, 11) is 0. The smallest absolute Gasteiger partial charge is 0.270 e. The van der Waals surface area contributed by atoms with Gasteiger partial charge in [0.2, 0.25) is 5.91 Å². The monoisotopic (exact) mass is 356 g/mol. The Hall–Kier alpha value is -2.99. The summed E-state index contributed by atoms with van der Waals surface area (Å²) < 4.78 is 0. The summed E-state index contributed by atoms with van der Waals surface area (Å²) in [5.41, 5.74) is 2.10. The molecule has 0 saturated carbocycles. The number of nitrogens with zero attached hydrogens (tertiary/aromatic N) is 2. The molecule has 7 heteroatoms. The van der Waals surface area contributed by atoms with E-state index in [-0.39, 0.29) is 21.9 Å². The van der Waals surface area contributed by atoms with E-state index in [0.717, 1.165) is 10.5 Å². The van der Waals surface area contributed by atoms with Crippen LogP contribution in [0.15, 0.2) is 42.5 Å². The number of amides is 2. The average Bonchev–Trinajstić information content (AvgIpc) is 2.85. The summed E-state index contributed by atoms with van der Waals surface area (Å²) in [5, 5.41) is 11.2. The highest BCUT2D eigenvalue weighted by molar-refractivity contribution is 6.60. The van der Waals surface area contributed by atoms with Gasteiger partial charge in [-0.15, -0.1) is 0 Å². The fraction of sp³-hybridized carbons (Fsp3) is 0.111. The molecule has 1 aliphatic rings. The van der Waals surface area contributed by atoms with Gasteiger partial charge in [0, 0.05) is 24.6 Å². The van der Waals surface area contributed by atoms with E-state index in [1.165, 1.54) is 25.1 Å². The zero-order valence-corrected chi connectivity index (χ0v) is 14.2. The van der Waals surface area contributed by atoms with Gasteiger partial charge in [-0.3, -0.25) is 19.7 Å². The van der Waals surface area contributed by atoms with Crippen LogP contribution in [0.25, 0.3) is 10.6 Å². The molecular formula is C18H13ClN2O4. The second-order valence-electron chi connectivity index (χ2n) is 5.67. The van der Waals surface area contributed by atoms with Crippen molar-refractivity contribution in [1.82, 2.24) is 0 Å². The number of nitro benzene ring substituents is 1. The summed E-state index contributed by atoms with van der Waals surface area (Å²) >= 11 is 6.44. The molecule has 6 nitrogen and oxygen atoms in total. The maximum atomic E-state index is 12.8. The molecule has 126 valence electrons. The number of fused-ring (bicyclic) bond motifs is 1. The lowest BCUT2D eigenvalue weighted by molar-refractivity contribution is -0.384. The standard InChI is InChI=1S/C18H13ClN2O4/c1-10-3-5-12(6-4-10)17(19)16-14-9-13(21(24)25)7-8-15(14)20(11(2)22)18(16)23/h3-9H,1-2H3/b17-16+. The van der Waals surface area contributed by atoms with Crippen molar-refractivity contribution in [2.24, 2.45) is 0 Å². The Bertz CT molecular complexity index is 948. The number of hydrogen-bond donors (Lipinski definition) is 0. The number of nitro groups is 1. The number of aryl methyl sites for hydroxylation is 1. The van der Waals surface area contributed by atoms with Crippen LogP contribution in [0, 0.1) is 17.0 Å². The van der Waals surface area contributed by atoms with Gasteiger partial charge in [-0.25, -0.2) is 4.90 Å². The molecule has 1 aliphatic heterocycles. The Morgan fingerprint density at radius 3 is 2.36 bits per heavy atom. The third-order valence-corrected chi connectivity index (χ3v) is 4.36. The van der Waals surface area contributed by atoms with Crippen molar-refractivity contribution in [3.05, 3.63) is 69.3 Å². The molecule has 0 unspecified atom stereocenters. The minimum Gasteiger partial charge on any atom is -0.274 e. The van der Waals surface area contributed by atoms with E-state index in [1.807, 2.05) is 19.1 Å². The van der Waals surface area contributed by atoms with Crippen molar-refractivity contribution >= 4 is 45.4 Å². The third kappa shape index (κ3) is 2.81. The second kappa shape index (κ2) is 6.14. The highest BCUT2D eigenvalue weighted by atomic mass is 35.5. The lowest BCUT2D eigenvalue weighted by Gasteiger charge is -2.11. The van der Waals surface area contributed by atoms with E-state index in [0.29, 0.717) is 11.3 Å². The van der Waals surface area contributed by atoms with Crippen molar-refractivity contribution in [3.8, 4) is 0 Å². The van der Waals surface area contributed by atoms with Crippen LogP contribution in [0.5, 0.6) is 0 Å². The predicted molar refractivity (Wildman–Crippen MR) is 95.1 cm³/mol. The fourth-order valence-electron chi connectivity index (χ4n) is 2.74. The van der Waals surface area contributed by atoms with Crippen LogP contribution in [0.2, 0.25) is 0 Å². The van der Waals surface area contributed by atoms with Gasteiger partial charge in [0.1, 0.15) is 0 Å². The van der Waals surface area contributed by atoms with Crippen molar-refractivity contribution in [1.29, 1.82) is 0 Å². The van der Waals surface area contributed by atoms with Crippen LogP contribution in [0.1, 0.15) is 23.6 Å². The molecule has 0 radical (unpaired) electrons. The molecular weight excluding hydrogens is 344 g/mol. The van der Waals surface area contributed by atoms with E-state index in [1.54, 1.807) is 12.1 Å². The van der Waals surface area contributed by atoms with Crippen LogP contribution < -0.4 is 4.90 Å². The molecule has 2 aromatic carbocycles.